The number of rotatable bonds is 5. The van der Waals surface area contributed by atoms with Crippen molar-refractivity contribution in [2.75, 3.05) is 0 Å². The number of aromatic nitrogens is 1. The van der Waals surface area contributed by atoms with Crippen LogP contribution in [0.2, 0.25) is 0 Å². The lowest BCUT2D eigenvalue weighted by molar-refractivity contribution is -0.0498. The van der Waals surface area contributed by atoms with Gasteiger partial charge in [-0.15, -0.1) is 11.8 Å². The molecule has 0 radical (unpaired) electrons. The van der Waals surface area contributed by atoms with Crippen molar-refractivity contribution in [3.63, 3.8) is 0 Å². The van der Waals surface area contributed by atoms with E-state index in [1.54, 1.807) is 42.2 Å². The van der Waals surface area contributed by atoms with Crippen molar-refractivity contribution in [1.82, 2.24) is 4.98 Å². The maximum Gasteiger partial charge on any atom is 0.387 e. The topological polar surface area (TPSA) is 22.1 Å². The third-order valence-electron chi connectivity index (χ3n) is 2.17. The summed E-state index contributed by atoms with van der Waals surface area (Å²) in [7, 11) is 0. The molecule has 1 aromatic carbocycles. The Morgan fingerprint density at radius 2 is 1.89 bits per heavy atom. The molecule has 1 heterocycles. The predicted molar refractivity (Wildman–Crippen MR) is 66.9 cm³/mol. The van der Waals surface area contributed by atoms with Gasteiger partial charge in [-0.1, -0.05) is 18.2 Å². The molecule has 1 aromatic heterocycles. The number of hydrogen-bond acceptors (Lipinski definition) is 3. The van der Waals surface area contributed by atoms with Crippen LogP contribution in [0.4, 0.5) is 8.78 Å². The van der Waals surface area contributed by atoms with Crippen LogP contribution in [0.1, 0.15) is 5.56 Å². The Morgan fingerprint density at radius 1 is 1.11 bits per heavy atom. The monoisotopic (exact) mass is 267 g/mol. The van der Waals surface area contributed by atoms with E-state index in [0.717, 1.165) is 16.3 Å². The molecule has 0 unspecified atom stereocenters. The molecule has 0 amide bonds. The first-order valence-electron chi connectivity index (χ1n) is 5.31. The molecule has 5 heteroatoms. The third kappa shape index (κ3) is 4.00. The Hall–Kier alpha value is -1.62. The molecule has 0 saturated heterocycles. The Morgan fingerprint density at radius 3 is 2.50 bits per heavy atom. The molecule has 2 nitrogen and oxygen atoms in total. The molecular formula is C13H11F2NOS. The average Bonchev–Trinajstić information content (AvgIpc) is 2.38. The second kappa shape index (κ2) is 6.35. The molecule has 0 saturated carbocycles. The molecule has 2 rings (SSSR count). The molecule has 0 aliphatic rings. The van der Waals surface area contributed by atoms with Crippen molar-refractivity contribution < 1.29 is 13.5 Å². The van der Waals surface area contributed by atoms with E-state index in [2.05, 4.69) is 9.72 Å². The fourth-order valence-electron chi connectivity index (χ4n) is 1.36. The second-order valence-electron chi connectivity index (χ2n) is 3.48. The predicted octanol–water partition coefficient (Wildman–Crippen LogP) is 3.98. The largest absolute Gasteiger partial charge is 0.435 e. The zero-order valence-corrected chi connectivity index (χ0v) is 10.2. The van der Waals surface area contributed by atoms with E-state index in [4.69, 9.17) is 0 Å². The van der Waals surface area contributed by atoms with Gasteiger partial charge in [0, 0.05) is 11.9 Å². The Balaban J connectivity index is 1.90. The van der Waals surface area contributed by atoms with Gasteiger partial charge < -0.3 is 4.74 Å². The molecule has 18 heavy (non-hydrogen) atoms. The number of halogens is 2. The standard InChI is InChI=1S/C13H11F2NOS/c14-13(15)17-11-6-4-10(5-7-11)9-18-12-3-1-2-8-16-12/h1-8,13H,9H2. The maximum absolute atomic E-state index is 12.0. The number of alkyl halides is 2. The Bertz CT molecular complexity index is 476. The van der Waals surface area contributed by atoms with Gasteiger partial charge in [-0.05, 0) is 29.8 Å². The molecule has 0 aliphatic carbocycles. The molecule has 0 atom stereocenters. The van der Waals surface area contributed by atoms with Crippen LogP contribution in [0, 0.1) is 0 Å². The van der Waals surface area contributed by atoms with Crippen molar-refractivity contribution in [3.05, 3.63) is 54.2 Å². The number of benzene rings is 1. The zero-order chi connectivity index (χ0) is 12.8. The highest BCUT2D eigenvalue weighted by Crippen LogP contribution is 2.22. The van der Waals surface area contributed by atoms with Crippen LogP contribution >= 0.6 is 11.8 Å². The van der Waals surface area contributed by atoms with E-state index in [0.29, 0.717) is 0 Å². The highest BCUT2D eigenvalue weighted by Gasteiger charge is 2.03. The Kier molecular flexibility index (Phi) is 4.52. The number of ether oxygens (including phenoxy) is 1. The minimum absolute atomic E-state index is 0.177. The first kappa shape index (κ1) is 12.8. The van der Waals surface area contributed by atoms with Crippen molar-refractivity contribution >= 4 is 11.8 Å². The van der Waals surface area contributed by atoms with Crippen LogP contribution in [0.25, 0.3) is 0 Å². The molecule has 0 bridgehead atoms. The second-order valence-corrected chi connectivity index (χ2v) is 4.47. The van der Waals surface area contributed by atoms with Crippen LogP contribution in [0.15, 0.2) is 53.7 Å². The van der Waals surface area contributed by atoms with Gasteiger partial charge >= 0.3 is 6.61 Å². The van der Waals surface area contributed by atoms with Gasteiger partial charge in [-0.25, -0.2) is 4.98 Å². The van der Waals surface area contributed by atoms with Crippen LogP contribution in [0.5, 0.6) is 5.75 Å². The van der Waals surface area contributed by atoms with Crippen LogP contribution in [0.3, 0.4) is 0 Å². The van der Waals surface area contributed by atoms with E-state index < -0.39 is 6.61 Å². The van der Waals surface area contributed by atoms with E-state index >= 15 is 0 Å². The summed E-state index contributed by atoms with van der Waals surface area (Å²) in [6.07, 6.45) is 1.74. The first-order valence-corrected chi connectivity index (χ1v) is 6.30. The lowest BCUT2D eigenvalue weighted by Gasteiger charge is -2.05. The van der Waals surface area contributed by atoms with Crippen LogP contribution < -0.4 is 4.74 Å². The molecule has 0 fully saturated rings. The van der Waals surface area contributed by atoms with E-state index in [1.165, 1.54) is 0 Å². The van der Waals surface area contributed by atoms with Crippen molar-refractivity contribution in [3.8, 4) is 5.75 Å². The van der Waals surface area contributed by atoms with Crippen LogP contribution in [-0.2, 0) is 5.75 Å². The minimum Gasteiger partial charge on any atom is -0.435 e. The summed E-state index contributed by atoms with van der Waals surface area (Å²) >= 11 is 1.59. The molecule has 2 aromatic rings. The molecule has 0 aliphatic heterocycles. The third-order valence-corrected chi connectivity index (χ3v) is 3.19. The fourth-order valence-corrected chi connectivity index (χ4v) is 2.17. The minimum atomic E-state index is -2.78. The SMILES string of the molecule is FC(F)Oc1ccc(CSc2ccccn2)cc1. The van der Waals surface area contributed by atoms with Gasteiger partial charge in [-0.2, -0.15) is 8.78 Å². The van der Waals surface area contributed by atoms with E-state index in [1.807, 2.05) is 18.2 Å². The molecular weight excluding hydrogens is 256 g/mol. The highest BCUT2D eigenvalue weighted by molar-refractivity contribution is 7.98. The number of pyridine rings is 1. The van der Waals surface area contributed by atoms with E-state index in [9.17, 15) is 8.78 Å². The Labute approximate surface area is 108 Å². The first-order chi connectivity index (χ1) is 8.74. The normalized spacial score (nSPS) is 10.6. The van der Waals surface area contributed by atoms with Crippen molar-refractivity contribution in [1.29, 1.82) is 0 Å². The zero-order valence-electron chi connectivity index (χ0n) is 9.42. The fraction of sp³-hybridized carbons (Fsp3) is 0.154. The van der Waals surface area contributed by atoms with Gasteiger partial charge in [0.15, 0.2) is 0 Å². The summed E-state index contributed by atoms with van der Waals surface area (Å²) < 4.78 is 28.2. The van der Waals surface area contributed by atoms with Gasteiger partial charge in [-0.3, -0.25) is 0 Å². The van der Waals surface area contributed by atoms with Gasteiger partial charge in [0.2, 0.25) is 0 Å². The maximum atomic E-state index is 12.0. The highest BCUT2D eigenvalue weighted by atomic mass is 32.2. The summed E-state index contributed by atoms with van der Waals surface area (Å²) in [5, 5.41) is 0.936. The quantitative estimate of drug-likeness (QED) is 0.765. The van der Waals surface area contributed by atoms with E-state index in [-0.39, 0.29) is 5.75 Å². The number of nitrogens with zero attached hydrogens (tertiary/aromatic N) is 1. The molecule has 0 spiro atoms. The van der Waals surface area contributed by atoms with Crippen molar-refractivity contribution in [2.24, 2.45) is 0 Å². The molecule has 0 N–H and O–H groups in total. The number of thioether (sulfide) groups is 1. The summed E-state index contributed by atoms with van der Waals surface area (Å²) in [5.74, 6) is 0.919. The summed E-state index contributed by atoms with van der Waals surface area (Å²) in [5.41, 5.74) is 1.03. The lowest BCUT2D eigenvalue weighted by atomic mass is 10.2. The summed E-state index contributed by atoms with van der Waals surface area (Å²) in [4.78, 5) is 4.19. The van der Waals surface area contributed by atoms with Gasteiger partial charge in [0.05, 0.1) is 5.03 Å². The summed E-state index contributed by atoms with van der Waals surface area (Å²) in [6, 6.07) is 12.3. The number of hydrogen-bond donors (Lipinski definition) is 0. The van der Waals surface area contributed by atoms with Gasteiger partial charge in [0.25, 0.3) is 0 Å². The lowest BCUT2D eigenvalue weighted by Crippen LogP contribution is -2.01. The smallest absolute Gasteiger partial charge is 0.387 e. The average molecular weight is 267 g/mol. The van der Waals surface area contributed by atoms with Crippen molar-refractivity contribution in [2.45, 2.75) is 17.4 Å². The summed E-state index contributed by atoms with van der Waals surface area (Å²) in [6.45, 7) is -2.78. The van der Waals surface area contributed by atoms with Gasteiger partial charge in [0.1, 0.15) is 5.75 Å². The van der Waals surface area contributed by atoms with Crippen LogP contribution in [-0.4, -0.2) is 11.6 Å². The molecule has 94 valence electrons.